The van der Waals surface area contributed by atoms with Gasteiger partial charge in [0.25, 0.3) is 0 Å². The fourth-order valence-corrected chi connectivity index (χ4v) is 6.52. The van der Waals surface area contributed by atoms with E-state index in [1.54, 1.807) is 33.8 Å². The quantitative estimate of drug-likeness (QED) is 0.637. The Morgan fingerprint density at radius 2 is 1.88 bits per heavy atom. The molecule has 1 aromatic carbocycles. The van der Waals surface area contributed by atoms with E-state index in [1.807, 2.05) is 5.38 Å². The molecule has 0 saturated carbocycles. The standard InChI is InChI=1S/C23H32N4O4S2/c1-17(2)23-24-18(16-32-23)14-22(28)25-20-15-19(33(29,30)27-8-4-3-5-9-27)6-7-21(20)26-10-12-31-13-11-26/h6-7,15-17H,3-5,8-14H2,1-2H3,(H,25,28). The summed E-state index contributed by atoms with van der Waals surface area (Å²) in [6.07, 6.45) is 2.95. The number of sulfonamides is 1. The van der Waals surface area contributed by atoms with Gasteiger partial charge in [0.2, 0.25) is 15.9 Å². The van der Waals surface area contributed by atoms with Crippen LogP contribution in [0.1, 0.15) is 49.7 Å². The normalized spacial score (nSPS) is 18.0. The lowest BCUT2D eigenvalue weighted by Gasteiger charge is -2.31. The van der Waals surface area contributed by atoms with Crippen molar-refractivity contribution >= 4 is 38.6 Å². The van der Waals surface area contributed by atoms with Crippen molar-refractivity contribution in [3.63, 3.8) is 0 Å². The highest BCUT2D eigenvalue weighted by atomic mass is 32.2. The number of hydrogen-bond donors (Lipinski definition) is 1. The lowest BCUT2D eigenvalue weighted by Crippen LogP contribution is -2.37. The van der Waals surface area contributed by atoms with E-state index >= 15 is 0 Å². The number of carbonyl (C=O) groups is 1. The summed E-state index contributed by atoms with van der Waals surface area (Å²) in [5.74, 6) is 0.106. The molecule has 1 N–H and O–H groups in total. The zero-order valence-electron chi connectivity index (χ0n) is 19.2. The van der Waals surface area contributed by atoms with Crippen LogP contribution in [0.4, 0.5) is 11.4 Å². The number of nitrogens with one attached hydrogen (secondary N) is 1. The van der Waals surface area contributed by atoms with Gasteiger partial charge in [-0.1, -0.05) is 20.3 Å². The number of ether oxygens (including phenoxy) is 1. The van der Waals surface area contributed by atoms with Crippen LogP contribution >= 0.6 is 11.3 Å². The largest absolute Gasteiger partial charge is 0.378 e. The van der Waals surface area contributed by atoms with Crippen LogP contribution in [0.3, 0.4) is 0 Å². The van der Waals surface area contributed by atoms with Crippen LogP contribution < -0.4 is 10.2 Å². The van der Waals surface area contributed by atoms with Crippen LogP contribution in [0.25, 0.3) is 0 Å². The fraction of sp³-hybridized carbons (Fsp3) is 0.565. The van der Waals surface area contributed by atoms with E-state index in [0.717, 1.165) is 35.7 Å². The summed E-state index contributed by atoms with van der Waals surface area (Å²) in [7, 11) is -3.60. The Bertz CT molecular complexity index is 1070. The number of anilines is 2. The highest BCUT2D eigenvalue weighted by Gasteiger charge is 2.28. The highest BCUT2D eigenvalue weighted by molar-refractivity contribution is 7.89. The van der Waals surface area contributed by atoms with Crippen molar-refractivity contribution in [2.75, 3.05) is 49.6 Å². The van der Waals surface area contributed by atoms with Crippen molar-refractivity contribution < 1.29 is 17.9 Å². The highest BCUT2D eigenvalue weighted by Crippen LogP contribution is 2.32. The Morgan fingerprint density at radius 1 is 1.15 bits per heavy atom. The SMILES string of the molecule is CC(C)c1nc(CC(=O)Nc2cc(S(=O)(=O)N3CCCCC3)ccc2N2CCOCC2)cs1. The molecule has 2 aliphatic rings. The molecule has 8 nitrogen and oxygen atoms in total. The van der Waals surface area contributed by atoms with Crippen LogP contribution in [0.2, 0.25) is 0 Å². The van der Waals surface area contributed by atoms with Gasteiger partial charge in [-0.05, 0) is 31.0 Å². The first-order valence-corrected chi connectivity index (χ1v) is 13.9. The predicted molar refractivity (Wildman–Crippen MR) is 131 cm³/mol. The number of benzene rings is 1. The molecule has 2 saturated heterocycles. The second-order valence-corrected chi connectivity index (χ2v) is 11.6. The molecule has 3 heterocycles. The maximum absolute atomic E-state index is 13.2. The molecule has 2 aliphatic heterocycles. The van der Waals surface area contributed by atoms with Crippen molar-refractivity contribution in [1.82, 2.24) is 9.29 Å². The van der Waals surface area contributed by atoms with Crippen LogP contribution in [0, 0.1) is 0 Å². The molecule has 180 valence electrons. The first kappa shape index (κ1) is 24.1. The van der Waals surface area contributed by atoms with Gasteiger partial charge in [0, 0.05) is 37.5 Å². The predicted octanol–water partition coefficient (Wildman–Crippen LogP) is 3.46. The number of carbonyl (C=O) groups excluding carboxylic acids is 1. The average Bonchev–Trinajstić information content (AvgIpc) is 3.29. The number of piperidine rings is 1. The molecular formula is C23H32N4O4S2. The zero-order chi connectivity index (χ0) is 23.4. The maximum Gasteiger partial charge on any atom is 0.243 e. The summed E-state index contributed by atoms with van der Waals surface area (Å²) in [6.45, 7) is 7.79. The van der Waals surface area contributed by atoms with E-state index in [4.69, 9.17) is 4.74 Å². The number of hydrogen-bond acceptors (Lipinski definition) is 7. The van der Waals surface area contributed by atoms with Gasteiger partial charge in [0.05, 0.1) is 46.6 Å². The molecule has 2 fully saturated rings. The number of rotatable bonds is 7. The molecule has 10 heteroatoms. The summed E-state index contributed by atoms with van der Waals surface area (Å²) >= 11 is 1.56. The number of nitrogens with zero attached hydrogens (tertiary/aromatic N) is 3. The van der Waals surface area contributed by atoms with E-state index in [2.05, 4.69) is 29.0 Å². The van der Waals surface area contributed by atoms with E-state index in [-0.39, 0.29) is 17.2 Å². The second kappa shape index (κ2) is 10.5. The Morgan fingerprint density at radius 3 is 2.55 bits per heavy atom. The summed E-state index contributed by atoms with van der Waals surface area (Å²) in [5, 5.41) is 5.88. The third kappa shape index (κ3) is 5.74. The van der Waals surface area contributed by atoms with Crippen LogP contribution in [-0.4, -0.2) is 63.0 Å². The van der Waals surface area contributed by atoms with E-state index in [0.29, 0.717) is 51.0 Å². The number of thiazole rings is 1. The molecule has 0 radical (unpaired) electrons. The first-order chi connectivity index (χ1) is 15.8. The topological polar surface area (TPSA) is 91.8 Å². The summed E-state index contributed by atoms with van der Waals surface area (Å²) in [5.41, 5.74) is 2.05. The minimum absolute atomic E-state index is 0.148. The summed E-state index contributed by atoms with van der Waals surface area (Å²) in [4.78, 5) is 19.8. The lowest BCUT2D eigenvalue weighted by molar-refractivity contribution is -0.115. The van der Waals surface area contributed by atoms with Gasteiger partial charge >= 0.3 is 0 Å². The maximum atomic E-state index is 13.2. The Hall–Kier alpha value is -2.01. The van der Waals surface area contributed by atoms with E-state index in [9.17, 15) is 13.2 Å². The average molecular weight is 493 g/mol. The fourth-order valence-electron chi connectivity index (χ4n) is 4.14. The minimum atomic E-state index is -3.60. The smallest absolute Gasteiger partial charge is 0.243 e. The minimum Gasteiger partial charge on any atom is -0.378 e. The molecule has 0 aliphatic carbocycles. The van der Waals surface area contributed by atoms with Crippen molar-refractivity contribution in [2.45, 2.75) is 50.3 Å². The Kier molecular flexibility index (Phi) is 7.68. The molecule has 0 unspecified atom stereocenters. The first-order valence-electron chi connectivity index (χ1n) is 11.6. The molecule has 0 spiro atoms. The third-order valence-electron chi connectivity index (χ3n) is 5.95. The van der Waals surface area contributed by atoms with Crippen molar-refractivity contribution in [3.05, 3.63) is 34.3 Å². The van der Waals surface area contributed by atoms with Gasteiger partial charge in [-0.25, -0.2) is 13.4 Å². The van der Waals surface area contributed by atoms with E-state index in [1.165, 1.54) is 0 Å². The third-order valence-corrected chi connectivity index (χ3v) is 9.04. The molecule has 2 aromatic rings. The molecule has 33 heavy (non-hydrogen) atoms. The van der Waals surface area contributed by atoms with Gasteiger partial charge in [-0.15, -0.1) is 11.3 Å². The number of morpholine rings is 1. The lowest BCUT2D eigenvalue weighted by atomic mass is 10.2. The van der Waals surface area contributed by atoms with Crippen LogP contribution in [0.15, 0.2) is 28.5 Å². The van der Waals surface area contributed by atoms with Crippen molar-refractivity contribution in [1.29, 1.82) is 0 Å². The molecule has 0 atom stereocenters. The van der Waals surface area contributed by atoms with Crippen molar-refractivity contribution in [3.8, 4) is 0 Å². The second-order valence-electron chi connectivity index (χ2n) is 8.80. The Balaban J connectivity index is 1.59. The van der Waals surface area contributed by atoms with E-state index < -0.39 is 10.0 Å². The number of amides is 1. The molecule has 4 rings (SSSR count). The molecule has 1 aromatic heterocycles. The van der Waals surface area contributed by atoms with Gasteiger partial charge in [0.1, 0.15) is 0 Å². The number of aromatic nitrogens is 1. The van der Waals surface area contributed by atoms with Gasteiger partial charge < -0.3 is 15.0 Å². The molecule has 0 bridgehead atoms. The summed E-state index contributed by atoms with van der Waals surface area (Å²) < 4.78 is 33.5. The zero-order valence-corrected chi connectivity index (χ0v) is 20.9. The van der Waals surface area contributed by atoms with Crippen molar-refractivity contribution in [2.24, 2.45) is 0 Å². The summed E-state index contributed by atoms with van der Waals surface area (Å²) in [6, 6.07) is 5.06. The van der Waals surface area contributed by atoms with Crippen LogP contribution in [0.5, 0.6) is 0 Å². The molecular weight excluding hydrogens is 460 g/mol. The molecule has 1 amide bonds. The van der Waals surface area contributed by atoms with Gasteiger partial charge in [-0.3, -0.25) is 4.79 Å². The monoisotopic (exact) mass is 492 g/mol. The van der Waals surface area contributed by atoms with Crippen LogP contribution in [-0.2, 0) is 26.0 Å². The van der Waals surface area contributed by atoms with Gasteiger partial charge in [0.15, 0.2) is 0 Å². The Labute approximate surface area is 200 Å². The van der Waals surface area contributed by atoms with Gasteiger partial charge in [-0.2, -0.15) is 4.31 Å².